The maximum absolute atomic E-state index is 5.50. The summed E-state index contributed by atoms with van der Waals surface area (Å²) in [6.45, 7) is 6.56. The van der Waals surface area contributed by atoms with E-state index >= 15 is 0 Å². The second-order valence-electron chi connectivity index (χ2n) is 3.70. The van der Waals surface area contributed by atoms with Crippen molar-refractivity contribution in [1.29, 1.82) is 0 Å². The number of hydrazine groups is 1. The van der Waals surface area contributed by atoms with Gasteiger partial charge in [0, 0.05) is 13.2 Å². The van der Waals surface area contributed by atoms with Gasteiger partial charge in [-0.2, -0.15) is 0 Å². The molecule has 0 rings (SSSR count). The Hall–Kier alpha value is -0.120. The molecule has 0 aliphatic carbocycles. The van der Waals surface area contributed by atoms with Crippen LogP contribution in [0.25, 0.3) is 0 Å². The maximum Gasteiger partial charge on any atom is 0.0735 e. The summed E-state index contributed by atoms with van der Waals surface area (Å²) < 4.78 is 5.36. The Morgan fingerprint density at radius 2 is 1.92 bits per heavy atom. The van der Waals surface area contributed by atoms with E-state index in [4.69, 9.17) is 10.6 Å². The fraction of sp³-hybridized carbons (Fsp3) is 1.00. The van der Waals surface area contributed by atoms with Crippen LogP contribution in [-0.2, 0) is 4.74 Å². The summed E-state index contributed by atoms with van der Waals surface area (Å²) in [4.78, 5) is 0. The molecule has 0 amide bonds. The predicted molar refractivity (Wildman–Crippen MR) is 56.3 cm³/mol. The van der Waals surface area contributed by atoms with E-state index in [9.17, 15) is 0 Å². The molecular weight excluding hydrogens is 164 g/mol. The normalized spacial score (nSPS) is 18.2. The van der Waals surface area contributed by atoms with Crippen molar-refractivity contribution in [2.24, 2.45) is 11.8 Å². The SMILES string of the molecule is CCC(C)CC(NN)C(CC)OC. The van der Waals surface area contributed by atoms with Gasteiger partial charge in [0.05, 0.1) is 6.10 Å². The lowest BCUT2D eigenvalue weighted by Gasteiger charge is -2.26. The van der Waals surface area contributed by atoms with E-state index in [-0.39, 0.29) is 12.1 Å². The third kappa shape index (κ3) is 4.60. The summed E-state index contributed by atoms with van der Waals surface area (Å²) in [6.07, 6.45) is 3.51. The third-order valence-corrected chi connectivity index (χ3v) is 2.72. The van der Waals surface area contributed by atoms with Gasteiger partial charge in [-0.15, -0.1) is 0 Å². The molecule has 0 bridgehead atoms. The zero-order valence-electron chi connectivity index (χ0n) is 9.34. The third-order valence-electron chi connectivity index (χ3n) is 2.72. The second-order valence-corrected chi connectivity index (χ2v) is 3.70. The van der Waals surface area contributed by atoms with Crippen molar-refractivity contribution in [2.75, 3.05) is 7.11 Å². The Morgan fingerprint density at radius 3 is 2.23 bits per heavy atom. The molecule has 0 aliphatic rings. The first-order valence-electron chi connectivity index (χ1n) is 5.18. The van der Waals surface area contributed by atoms with Crippen LogP contribution in [0.5, 0.6) is 0 Å². The molecule has 3 unspecified atom stereocenters. The fourth-order valence-corrected chi connectivity index (χ4v) is 1.54. The van der Waals surface area contributed by atoms with Crippen LogP contribution in [0, 0.1) is 5.92 Å². The molecule has 13 heavy (non-hydrogen) atoms. The van der Waals surface area contributed by atoms with Gasteiger partial charge >= 0.3 is 0 Å². The Bertz CT molecular complexity index is 115. The van der Waals surface area contributed by atoms with E-state index in [0.717, 1.165) is 12.8 Å². The summed E-state index contributed by atoms with van der Waals surface area (Å²) in [5, 5.41) is 0. The lowest BCUT2D eigenvalue weighted by atomic mass is 9.95. The molecule has 0 aromatic carbocycles. The summed E-state index contributed by atoms with van der Waals surface area (Å²) >= 11 is 0. The van der Waals surface area contributed by atoms with Crippen LogP contribution in [0.1, 0.15) is 40.0 Å². The highest BCUT2D eigenvalue weighted by Gasteiger charge is 2.19. The molecule has 0 saturated heterocycles. The quantitative estimate of drug-likeness (QED) is 0.472. The molecule has 0 fully saturated rings. The van der Waals surface area contributed by atoms with Crippen molar-refractivity contribution in [3.8, 4) is 0 Å². The van der Waals surface area contributed by atoms with Gasteiger partial charge < -0.3 is 4.74 Å². The highest BCUT2D eigenvalue weighted by molar-refractivity contribution is 4.75. The summed E-state index contributed by atoms with van der Waals surface area (Å²) in [5.41, 5.74) is 2.84. The van der Waals surface area contributed by atoms with Crippen LogP contribution in [0.2, 0.25) is 0 Å². The Kier molecular flexibility index (Phi) is 7.23. The Labute approximate surface area is 82.0 Å². The minimum Gasteiger partial charge on any atom is -0.380 e. The highest BCUT2D eigenvalue weighted by atomic mass is 16.5. The van der Waals surface area contributed by atoms with Gasteiger partial charge in [-0.1, -0.05) is 27.2 Å². The van der Waals surface area contributed by atoms with Crippen molar-refractivity contribution < 1.29 is 4.74 Å². The van der Waals surface area contributed by atoms with Gasteiger partial charge in [-0.3, -0.25) is 11.3 Å². The number of nitrogens with two attached hydrogens (primary N) is 1. The van der Waals surface area contributed by atoms with E-state index < -0.39 is 0 Å². The first-order chi connectivity index (χ1) is 6.19. The highest BCUT2D eigenvalue weighted by Crippen LogP contribution is 2.14. The first-order valence-corrected chi connectivity index (χ1v) is 5.18. The molecule has 3 N–H and O–H groups in total. The summed E-state index contributed by atoms with van der Waals surface area (Å²) in [5.74, 6) is 6.20. The van der Waals surface area contributed by atoms with Crippen LogP contribution in [0.3, 0.4) is 0 Å². The molecule has 3 heteroatoms. The average molecular weight is 188 g/mol. The monoisotopic (exact) mass is 188 g/mol. The van der Waals surface area contributed by atoms with E-state index in [0.29, 0.717) is 5.92 Å². The number of rotatable bonds is 7. The van der Waals surface area contributed by atoms with Crippen molar-refractivity contribution in [1.82, 2.24) is 5.43 Å². The zero-order valence-corrected chi connectivity index (χ0v) is 9.34. The zero-order chi connectivity index (χ0) is 10.3. The molecule has 0 aromatic heterocycles. The van der Waals surface area contributed by atoms with Gasteiger partial charge in [0.1, 0.15) is 0 Å². The topological polar surface area (TPSA) is 47.3 Å². The Morgan fingerprint density at radius 1 is 1.31 bits per heavy atom. The number of nitrogens with one attached hydrogen (secondary N) is 1. The lowest BCUT2D eigenvalue weighted by Crippen LogP contribution is -2.45. The van der Waals surface area contributed by atoms with E-state index in [1.807, 2.05) is 0 Å². The van der Waals surface area contributed by atoms with Crippen LogP contribution in [0.4, 0.5) is 0 Å². The van der Waals surface area contributed by atoms with Crippen LogP contribution in [-0.4, -0.2) is 19.3 Å². The number of hydrogen-bond acceptors (Lipinski definition) is 3. The standard InChI is InChI=1S/C10H24N2O/c1-5-8(3)7-9(12-11)10(6-2)13-4/h8-10,12H,5-7,11H2,1-4H3. The minimum absolute atomic E-state index is 0.235. The molecule has 0 spiro atoms. The number of ether oxygens (including phenoxy) is 1. The van der Waals surface area contributed by atoms with E-state index in [1.54, 1.807) is 7.11 Å². The lowest BCUT2D eigenvalue weighted by molar-refractivity contribution is 0.0574. The largest absolute Gasteiger partial charge is 0.380 e. The number of methoxy groups -OCH3 is 1. The second kappa shape index (κ2) is 7.30. The van der Waals surface area contributed by atoms with Gasteiger partial charge in [0.2, 0.25) is 0 Å². The van der Waals surface area contributed by atoms with Crippen molar-refractivity contribution >= 4 is 0 Å². The van der Waals surface area contributed by atoms with Gasteiger partial charge in [-0.25, -0.2) is 0 Å². The van der Waals surface area contributed by atoms with Crippen LogP contribution >= 0.6 is 0 Å². The minimum atomic E-state index is 0.235. The molecule has 0 heterocycles. The summed E-state index contributed by atoms with van der Waals surface area (Å²) in [7, 11) is 1.75. The smallest absolute Gasteiger partial charge is 0.0735 e. The van der Waals surface area contributed by atoms with Gasteiger partial charge in [0.25, 0.3) is 0 Å². The van der Waals surface area contributed by atoms with Crippen LogP contribution < -0.4 is 11.3 Å². The molecule has 0 saturated carbocycles. The average Bonchev–Trinajstić information content (AvgIpc) is 2.17. The molecule has 0 radical (unpaired) electrons. The van der Waals surface area contributed by atoms with Crippen molar-refractivity contribution in [3.63, 3.8) is 0 Å². The number of hydrogen-bond donors (Lipinski definition) is 2. The summed E-state index contributed by atoms with van der Waals surface area (Å²) in [6, 6.07) is 0.282. The fourth-order valence-electron chi connectivity index (χ4n) is 1.54. The Balaban J connectivity index is 3.98. The molecule has 3 atom stereocenters. The van der Waals surface area contributed by atoms with Crippen LogP contribution in [0.15, 0.2) is 0 Å². The van der Waals surface area contributed by atoms with E-state index in [2.05, 4.69) is 26.2 Å². The maximum atomic E-state index is 5.50. The van der Waals surface area contributed by atoms with Gasteiger partial charge in [-0.05, 0) is 18.8 Å². The van der Waals surface area contributed by atoms with Crippen molar-refractivity contribution in [3.05, 3.63) is 0 Å². The van der Waals surface area contributed by atoms with E-state index in [1.165, 1.54) is 6.42 Å². The van der Waals surface area contributed by atoms with Crippen molar-refractivity contribution in [2.45, 2.75) is 52.2 Å². The molecular formula is C10H24N2O. The van der Waals surface area contributed by atoms with Gasteiger partial charge in [0.15, 0.2) is 0 Å². The molecule has 80 valence electrons. The predicted octanol–water partition coefficient (Wildman–Crippen LogP) is 1.68. The molecule has 0 aromatic rings. The first kappa shape index (κ1) is 12.9. The molecule has 3 nitrogen and oxygen atoms in total. The molecule has 0 aliphatic heterocycles.